The molecule has 0 fully saturated rings. The van der Waals surface area contributed by atoms with Gasteiger partial charge in [0, 0.05) is 129 Å². The highest BCUT2D eigenvalue weighted by Gasteiger charge is 2.25. The number of carbonyl (C=O) groups is 6. The van der Waals surface area contributed by atoms with Gasteiger partial charge in [0.25, 0.3) is 17.7 Å². The minimum Gasteiger partial charge on any atom is -0.348 e. The lowest BCUT2D eigenvalue weighted by molar-refractivity contribution is -0.114. The van der Waals surface area contributed by atoms with Crippen LogP contribution in [0, 0.1) is 22.7 Å². The number of fused-ring (bicyclic) bond motifs is 3. The van der Waals surface area contributed by atoms with E-state index in [1.165, 1.54) is 35.7 Å². The van der Waals surface area contributed by atoms with Crippen LogP contribution in [0.1, 0.15) is 53.6 Å². The van der Waals surface area contributed by atoms with Crippen molar-refractivity contribution in [3.63, 3.8) is 0 Å². The Morgan fingerprint density at radius 1 is 0.445 bits per heavy atom. The molecule has 0 atom stereocenters. The van der Waals surface area contributed by atoms with Gasteiger partial charge < -0.3 is 57.7 Å². The Labute approximate surface area is 746 Å². The van der Waals surface area contributed by atoms with Gasteiger partial charge in [-0.15, -0.1) is 0 Å². The molecule has 9 aromatic carbocycles. The first-order valence-corrected chi connectivity index (χ1v) is 41.8. The lowest BCUT2D eigenvalue weighted by atomic mass is 10.0. The molecule has 2 aliphatic rings. The summed E-state index contributed by atoms with van der Waals surface area (Å²) in [6.45, 7) is 4.83. The molecule has 2 aliphatic heterocycles. The molecule has 4 amide bonds. The second kappa shape index (κ2) is 42.5. The summed E-state index contributed by atoms with van der Waals surface area (Å²) in [5.41, 5.74) is 15.6. The molecule has 0 bridgehead atoms. The van der Waals surface area contributed by atoms with Gasteiger partial charge in [-0.25, -0.2) is 34.4 Å². The number of ketones is 2. The number of benzene rings is 9. The molecular formula is C99H83N21O6S2. The zero-order valence-corrected chi connectivity index (χ0v) is 71.3. The summed E-state index contributed by atoms with van der Waals surface area (Å²) in [5.74, 6) is -0.119. The van der Waals surface area contributed by atoms with Crippen LogP contribution in [0.4, 0.5) is 69.0 Å². The largest absolute Gasteiger partial charge is 0.348 e. The van der Waals surface area contributed by atoms with Gasteiger partial charge in [0.1, 0.15) is 29.0 Å². The number of nitriles is 2. The summed E-state index contributed by atoms with van der Waals surface area (Å²) < 4.78 is 1.86. The van der Waals surface area contributed by atoms with Gasteiger partial charge in [-0.1, -0.05) is 133 Å². The van der Waals surface area contributed by atoms with E-state index < -0.39 is 0 Å². The van der Waals surface area contributed by atoms with E-state index in [4.69, 9.17) is 10.1 Å². The highest BCUT2D eigenvalue weighted by atomic mass is 32.2. The lowest BCUT2D eigenvalue weighted by Crippen LogP contribution is -2.14. The summed E-state index contributed by atoms with van der Waals surface area (Å²) in [5, 5.41) is 53.6. The quantitative estimate of drug-likeness (QED) is 0.0162. The number of nitrogens with one attached hydrogen (secondary N) is 9. The van der Waals surface area contributed by atoms with Crippen LogP contribution in [0.15, 0.2) is 342 Å². The zero-order valence-electron chi connectivity index (χ0n) is 69.7. The first-order chi connectivity index (χ1) is 62.3. The van der Waals surface area contributed by atoms with Gasteiger partial charge in [-0.3, -0.25) is 28.8 Å². The zero-order chi connectivity index (χ0) is 89.3. The molecular weight excluding hydrogens is 1640 g/mol. The Kier molecular flexibility index (Phi) is 29.1. The van der Waals surface area contributed by atoms with Gasteiger partial charge >= 0.3 is 0 Å². The molecule has 5 aromatic heterocycles. The number of hydrogen-bond acceptors (Lipinski definition) is 24. The number of para-hydroxylation sites is 2. The topological polar surface area (TPSA) is 359 Å². The second-order valence-electron chi connectivity index (χ2n) is 29.3. The highest BCUT2D eigenvalue weighted by Crippen LogP contribution is 2.45. The summed E-state index contributed by atoms with van der Waals surface area (Å²) >= 11 is 2.99. The maximum absolute atomic E-state index is 13.0. The number of rotatable bonds is 28. The van der Waals surface area contributed by atoms with E-state index in [0.717, 1.165) is 76.1 Å². The number of pyridine rings is 1. The van der Waals surface area contributed by atoms with E-state index in [9.17, 15) is 39.3 Å². The number of aromatic nitrogens is 8. The monoisotopic (exact) mass is 1730 g/mol. The van der Waals surface area contributed by atoms with Crippen LogP contribution in [0.5, 0.6) is 0 Å². The van der Waals surface area contributed by atoms with Gasteiger partial charge in [-0.05, 0) is 221 Å². The number of thioether (sulfide) groups is 2. The third kappa shape index (κ3) is 23.8. The van der Waals surface area contributed by atoms with Crippen LogP contribution in [0.2, 0.25) is 0 Å². The summed E-state index contributed by atoms with van der Waals surface area (Å²) in [6.07, 6.45) is 15.2. The van der Waals surface area contributed by atoms with Crippen LogP contribution < -0.4 is 47.9 Å². The molecule has 29 heteroatoms. The van der Waals surface area contributed by atoms with Crippen LogP contribution >= 0.6 is 23.5 Å². The number of hydrogen-bond donors (Lipinski definition) is 9. The Hall–Kier alpha value is -16.6. The van der Waals surface area contributed by atoms with E-state index in [0.29, 0.717) is 104 Å². The Morgan fingerprint density at radius 3 is 1.37 bits per heavy atom. The molecule has 9 N–H and O–H groups in total. The molecule has 27 nitrogen and oxygen atoms in total. The lowest BCUT2D eigenvalue weighted by Gasteiger charge is -2.10. The maximum Gasteiger partial charge on any atom is 0.255 e. The fourth-order valence-electron chi connectivity index (χ4n) is 13.0. The maximum atomic E-state index is 13.0. The molecule has 632 valence electrons. The third-order valence-corrected chi connectivity index (χ3v) is 21.3. The highest BCUT2D eigenvalue weighted by molar-refractivity contribution is 8.04. The number of anilines is 12. The first-order valence-electron chi connectivity index (χ1n) is 40.2. The van der Waals surface area contributed by atoms with E-state index in [2.05, 4.69) is 91.5 Å². The van der Waals surface area contributed by atoms with Crippen LogP contribution in [0.25, 0.3) is 39.2 Å². The summed E-state index contributed by atoms with van der Waals surface area (Å²) in [7, 11) is 7.72. The molecule has 7 heterocycles. The SMILES string of the molecule is C=CC(=O)Cc1cccc(C(=O)Nc2ccc(Nc3nccc(/C(C#N)=C4/Nc5ccccc5S4)n3)cc2)c1.CN(C)C/C=C/C(=O)Cc1cccc(C(=O)Nc2ccc(Nc3nccc(-c4c(-c5ccccc5)nn5ccccc45)n3)cc2)c1.CN(C)C/C=C/C(=O)Nc1cccc(C(=O)Nc2ccc(Nc3nccc(/C(C#N)=C4/Nc5ccccc5S4)n3)cc2)c1. The average molecular weight is 1730 g/mol. The van der Waals surface area contributed by atoms with Crippen molar-refractivity contribution in [3.8, 4) is 34.7 Å². The van der Waals surface area contributed by atoms with Gasteiger partial charge in [0.15, 0.2) is 11.6 Å². The minimum atomic E-state index is -0.311. The Balaban J connectivity index is 0.000000156. The van der Waals surface area contributed by atoms with Crippen molar-refractivity contribution >= 4 is 144 Å². The molecule has 14 aromatic rings. The predicted molar refractivity (Wildman–Crippen MR) is 507 cm³/mol. The van der Waals surface area contributed by atoms with E-state index in [1.54, 1.807) is 158 Å². The van der Waals surface area contributed by atoms with Crippen molar-refractivity contribution in [2.45, 2.75) is 22.6 Å². The van der Waals surface area contributed by atoms with Gasteiger partial charge in [0.2, 0.25) is 23.8 Å². The fourth-order valence-corrected chi connectivity index (χ4v) is 15.0. The van der Waals surface area contributed by atoms with Crippen molar-refractivity contribution in [2.75, 3.05) is 89.1 Å². The predicted octanol–water partition coefficient (Wildman–Crippen LogP) is 18.8. The third-order valence-electron chi connectivity index (χ3n) is 19.2. The minimum absolute atomic E-state index is 0.00711. The van der Waals surface area contributed by atoms with Crippen molar-refractivity contribution in [3.05, 3.63) is 372 Å². The summed E-state index contributed by atoms with van der Waals surface area (Å²) in [6, 6.07) is 83.8. The van der Waals surface area contributed by atoms with Crippen molar-refractivity contribution in [1.29, 1.82) is 10.5 Å². The first kappa shape index (κ1) is 87.8. The number of likely N-dealkylation sites (N-methyl/N-ethyl adjacent to an activating group) is 2. The second-order valence-corrected chi connectivity index (χ2v) is 31.4. The van der Waals surface area contributed by atoms with Crippen molar-refractivity contribution in [2.24, 2.45) is 0 Å². The number of allylic oxidation sites excluding steroid dienone is 4. The van der Waals surface area contributed by atoms with Gasteiger partial charge in [-0.2, -0.15) is 15.6 Å². The van der Waals surface area contributed by atoms with Crippen LogP contribution in [-0.2, 0) is 27.2 Å². The van der Waals surface area contributed by atoms with Crippen LogP contribution in [0.3, 0.4) is 0 Å². The number of nitrogens with zero attached hydrogens (tertiary/aromatic N) is 12. The molecule has 128 heavy (non-hydrogen) atoms. The molecule has 0 radical (unpaired) electrons. The average Bonchev–Trinajstić information content (AvgIpc) is 1.61. The smallest absolute Gasteiger partial charge is 0.255 e. The molecule has 0 aliphatic carbocycles. The Bertz CT molecular complexity index is 6650. The molecule has 16 rings (SSSR count). The molecule has 0 spiro atoms. The van der Waals surface area contributed by atoms with E-state index >= 15 is 0 Å². The van der Waals surface area contributed by atoms with Gasteiger partial charge in [0.05, 0.1) is 49.6 Å². The standard InChI is InChI=1S/C37H33N7O2.C32H28N8O2S.C30H22N6O2S/c1-43(2)22-9-14-31(45)25-26-10-8-13-28(24-26)36(46)39-29-16-18-30(19-17-29)40-37-38-21-20-32(41-37)34-33-15-6-7-23-44(33)42-35(34)27-11-4-3-5-12-27;1-40(2)18-6-11-29(41)35-24-8-5-7-21(19-24)30(42)36-22-12-14-23(15-13-22)37-32-34-17-16-26(39-32)25(20-33)31-38-27-9-3-4-10-28(27)43-31;1-2-23(37)17-19-6-5-7-20(16-19)28(38)33-21-10-12-22(13-11-21)34-30-32-15-14-25(36-30)24(18-31)29-35-26-8-3-4-9-27(26)39-29/h3-21,23-24H,22,25H2,1-2H3,(H,39,46)(H,38,40,41);3-17,19,38H,18H2,1-2H3,(H,35,41)(H,36,42)(H,34,37,39);2-16,35H,1,17H2,(H,33,38)(H,32,34,36)/b14-9+;11-6+,31-25-;29-24-. The molecule has 0 saturated carbocycles. The normalized spacial score (nSPS) is 12.4. The number of amides is 4. The fraction of sp³-hybridized carbons (Fsp3) is 0.0808. The van der Waals surface area contributed by atoms with Crippen molar-refractivity contribution in [1.82, 2.24) is 49.3 Å². The molecule has 0 saturated heterocycles. The number of carbonyl (C=O) groups excluding carboxylic acids is 6. The van der Waals surface area contributed by atoms with E-state index in [-0.39, 0.29) is 48.0 Å². The molecule has 0 unspecified atom stereocenters. The summed E-state index contributed by atoms with van der Waals surface area (Å²) in [4.78, 5) is 108. The van der Waals surface area contributed by atoms with Crippen molar-refractivity contribution < 1.29 is 28.8 Å². The van der Waals surface area contributed by atoms with E-state index in [1.807, 2.05) is 188 Å². The Morgan fingerprint density at radius 2 is 0.883 bits per heavy atom. The van der Waals surface area contributed by atoms with Crippen LogP contribution in [-0.4, -0.2) is 126 Å².